The molecule has 1 amide bonds. The van der Waals surface area contributed by atoms with E-state index in [4.69, 9.17) is 4.74 Å². The van der Waals surface area contributed by atoms with Gasteiger partial charge in [0.2, 0.25) is 5.91 Å². The van der Waals surface area contributed by atoms with Crippen molar-refractivity contribution in [3.63, 3.8) is 0 Å². The van der Waals surface area contributed by atoms with Crippen LogP contribution in [0, 0.1) is 5.92 Å². The van der Waals surface area contributed by atoms with Gasteiger partial charge < -0.3 is 10.1 Å². The summed E-state index contributed by atoms with van der Waals surface area (Å²) in [5, 5.41) is 5.91. The van der Waals surface area contributed by atoms with Crippen molar-refractivity contribution in [3.8, 4) is 11.3 Å². The lowest BCUT2D eigenvalue weighted by Gasteiger charge is -2.07. The second-order valence-electron chi connectivity index (χ2n) is 5.20. The number of rotatable bonds is 5. The number of carbonyl (C=O) groups excluding carboxylic acids is 1. The van der Waals surface area contributed by atoms with Gasteiger partial charge in [-0.25, -0.2) is 4.98 Å². The minimum absolute atomic E-state index is 0.0851. The van der Waals surface area contributed by atoms with Crippen LogP contribution in [0.25, 0.3) is 11.3 Å². The van der Waals surface area contributed by atoms with Crippen LogP contribution in [-0.2, 0) is 16.1 Å². The summed E-state index contributed by atoms with van der Waals surface area (Å²) in [6.07, 6.45) is 1.54. The zero-order chi connectivity index (χ0) is 14.5. The second kappa shape index (κ2) is 6.83. The third kappa shape index (κ3) is 3.89. The third-order valence-electron chi connectivity index (χ3n) is 3.56. The summed E-state index contributed by atoms with van der Waals surface area (Å²) in [7, 11) is 0. The molecule has 5 heteroatoms. The Balaban J connectivity index is 1.51. The predicted molar refractivity (Wildman–Crippen MR) is 82.9 cm³/mol. The lowest BCUT2D eigenvalue weighted by atomic mass is 10.1. The van der Waals surface area contributed by atoms with Crippen LogP contribution < -0.4 is 5.32 Å². The lowest BCUT2D eigenvalue weighted by molar-refractivity contribution is -0.122. The van der Waals surface area contributed by atoms with E-state index in [-0.39, 0.29) is 5.91 Å². The van der Waals surface area contributed by atoms with E-state index in [1.54, 1.807) is 11.3 Å². The summed E-state index contributed by atoms with van der Waals surface area (Å²) in [5.74, 6) is 0.461. The molecule has 3 rings (SSSR count). The molecule has 1 aromatic carbocycles. The van der Waals surface area contributed by atoms with E-state index in [0.717, 1.165) is 29.3 Å². The van der Waals surface area contributed by atoms with Crippen molar-refractivity contribution in [2.45, 2.75) is 19.4 Å². The fourth-order valence-corrected chi connectivity index (χ4v) is 3.13. The van der Waals surface area contributed by atoms with Crippen LogP contribution in [0.3, 0.4) is 0 Å². The van der Waals surface area contributed by atoms with E-state index in [1.807, 2.05) is 35.7 Å². The van der Waals surface area contributed by atoms with E-state index in [9.17, 15) is 4.79 Å². The predicted octanol–water partition coefficient (Wildman–Crippen LogP) is 2.85. The van der Waals surface area contributed by atoms with Gasteiger partial charge in [0, 0.05) is 30.6 Å². The Labute approximate surface area is 128 Å². The number of ether oxygens (including phenoxy) is 1. The zero-order valence-corrected chi connectivity index (χ0v) is 12.6. The van der Waals surface area contributed by atoms with Crippen LogP contribution in [0.2, 0.25) is 0 Å². The molecule has 0 aliphatic carbocycles. The van der Waals surface area contributed by atoms with Gasteiger partial charge in [-0.1, -0.05) is 30.3 Å². The first-order valence-electron chi connectivity index (χ1n) is 7.15. The largest absolute Gasteiger partial charge is 0.381 e. The molecule has 1 unspecified atom stereocenters. The molecular weight excluding hydrogens is 284 g/mol. The summed E-state index contributed by atoms with van der Waals surface area (Å²) < 4.78 is 5.28. The number of carbonyl (C=O) groups is 1. The number of nitrogens with zero attached hydrogens (tertiary/aromatic N) is 1. The molecule has 1 N–H and O–H groups in total. The molecule has 2 aromatic rings. The summed E-state index contributed by atoms with van der Waals surface area (Å²) in [5.41, 5.74) is 2.07. The van der Waals surface area contributed by atoms with Crippen LogP contribution in [0.1, 0.15) is 17.8 Å². The van der Waals surface area contributed by atoms with Gasteiger partial charge in [-0.2, -0.15) is 0 Å². The number of thiazole rings is 1. The normalized spacial score (nSPS) is 17.8. The molecule has 1 atom stereocenters. The maximum atomic E-state index is 11.9. The fourth-order valence-electron chi connectivity index (χ4n) is 2.39. The highest BCUT2D eigenvalue weighted by atomic mass is 32.1. The molecule has 0 spiro atoms. The van der Waals surface area contributed by atoms with E-state index < -0.39 is 0 Å². The van der Waals surface area contributed by atoms with Gasteiger partial charge in [0.15, 0.2) is 0 Å². The van der Waals surface area contributed by atoms with Gasteiger partial charge >= 0.3 is 0 Å². The van der Waals surface area contributed by atoms with Gasteiger partial charge in [-0.15, -0.1) is 11.3 Å². The summed E-state index contributed by atoms with van der Waals surface area (Å²) >= 11 is 1.58. The maximum Gasteiger partial charge on any atom is 0.220 e. The zero-order valence-electron chi connectivity index (χ0n) is 11.7. The minimum Gasteiger partial charge on any atom is -0.381 e. The van der Waals surface area contributed by atoms with Crippen molar-refractivity contribution < 1.29 is 9.53 Å². The number of aromatic nitrogens is 1. The highest BCUT2D eigenvalue weighted by Crippen LogP contribution is 2.21. The van der Waals surface area contributed by atoms with E-state index in [2.05, 4.69) is 10.3 Å². The second-order valence-corrected chi connectivity index (χ2v) is 6.15. The van der Waals surface area contributed by atoms with Crippen molar-refractivity contribution in [1.82, 2.24) is 10.3 Å². The Hall–Kier alpha value is -1.72. The molecule has 1 aliphatic heterocycles. The molecule has 1 aliphatic rings. The number of hydrogen-bond donors (Lipinski definition) is 1. The van der Waals surface area contributed by atoms with Gasteiger partial charge in [0.1, 0.15) is 5.01 Å². The molecule has 1 saturated heterocycles. The van der Waals surface area contributed by atoms with Crippen molar-refractivity contribution in [3.05, 3.63) is 40.7 Å². The third-order valence-corrected chi connectivity index (χ3v) is 4.40. The molecule has 1 fully saturated rings. The van der Waals surface area contributed by atoms with Crippen LogP contribution in [0.5, 0.6) is 0 Å². The lowest BCUT2D eigenvalue weighted by Crippen LogP contribution is -2.25. The Morgan fingerprint density at radius 1 is 1.38 bits per heavy atom. The average Bonchev–Trinajstić information content (AvgIpc) is 3.17. The summed E-state index contributed by atoms with van der Waals surface area (Å²) in [4.78, 5) is 16.4. The number of hydrogen-bond acceptors (Lipinski definition) is 4. The van der Waals surface area contributed by atoms with Crippen molar-refractivity contribution in [2.75, 3.05) is 13.2 Å². The number of benzene rings is 1. The average molecular weight is 302 g/mol. The number of amides is 1. The van der Waals surface area contributed by atoms with Crippen LogP contribution in [-0.4, -0.2) is 24.1 Å². The van der Waals surface area contributed by atoms with E-state index in [1.165, 1.54) is 0 Å². The molecule has 21 heavy (non-hydrogen) atoms. The Kier molecular flexibility index (Phi) is 4.62. The number of nitrogens with one attached hydrogen (secondary N) is 1. The van der Waals surface area contributed by atoms with Crippen molar-refractivity contribution >= 4 is 17.2 Å². The van der Waals surface area contributed by atoms with Crippen molar-refractivity contribution in [2.24, 2.45) is 5.92 Å². The SMILES string of the molecule is O=C(CC1CCOC1)NCc1nc(-c2ccccc2)cs1. The maximum absolute atomic E-state index is 11.9. The quantitative estimate of drug-likeness (QED) is 0.924. The first-order chi connectivity index (χ1) is 10.3. The van der Waals surface area contributed by atoms with Crippen LogP contribution >= 0.6 is 11.3 Å². The van der Waals surface area contributed by atoms with Gasteiger partial charge in [0.05, 0.1) is 12.2 Å². The smallest absolute Gasteiger partial charge is 0.220 e. The minimum atomic E-state index is 0.0851. The molecule has 2 heterocycles. The Morgan fingerprint density at radius 3 is 3.00 bits per heavy atom. The fraction of sp³-hybridized carbons (Fsp3) is 0.375. The Bertz CT molecular complexity index is 591. The van der Waals surface area contributed by atoms with Crippen LogP contribution in [0.15, 0.2) is 35.7 Å². The van der Waals surface area contributed by atoms with Gasteiger partial charge in [-0.05, 0) is 12.3 Å². The standard InChI is InChI=1S/C16H18N2O2S/c19-15(8-12-6-7-20-10-12)17-9-16-18-14(11-21-16)13-4-2-1-3-5-13/h1-5,11-12H,6-10H2,(H,17,19). The molecule has 0 bridgehead atoms. The topological polar surface area (TPSA) is 51.2 Å². The first-order valence-corrected chi connectivity index (χ1v) is 8.03. The van der Waals surface area contributed by atoms with E-state index in [0.29, 0.717) is 25.5 Å². The Morgan fingerprint density at radius 2 is 2.24 bits per heavy atom. The van der Waals surface area contributed by atoms with E-state index >= 15 is 0 Å². The van der Waals surface area contributed by atoms with Gasteiger partial charge in [0.25, 0.3) is 0 Å². The molecule has 4 nitrogen and oxygen atoms in total. The highest BCUT2D eigenvalue weighted by Gasteiger charge is 2.19. The summed E-state index contributed by atoms with van der Waals surface area (Å²) in [6.45, 7) is 2.00. The molecular formula is C16H18N2O2S. The molecule has 110 valence electrons. The molecule has 1 aromatic heterocycles. The molecule has 0 saturated carbocycles. The van der Waals surface area contributed by atoms with Crippen LogP contribution in [0.4, 0.5) is 0 Å². The summed E-state index contributed by atoms with van der Waals surface area (Å²) in [6, 6.07) is 10.1. The highest BCUT2D eigenvalue weighted by molar-refractivity contribution is 7.09. The van der Waals surface area contributed by atoms with Crippen molar-refractivity contribution in [1.29, 1.82) is 0 Å². The molecule has 0 radical (unpaired) electrons. The monoisotopic (exact) mass is 302 g/mol. The van der Waals surface area contributed by atoms with Gasteiger partial charge in [-0.3, -0.25) is 4.79 Å². The first kappa shape index (κ1) is 14.2.